The standard InChI is InChI=1S/C36H38O5/c37-22-21-33-36(40-26-31-19-11-4-12-20-31)35(39-25-30-17-9-3-10-18-30)32(23-28-13-5-1-6-14-28)34(41-33)27-38-24-29-15-7-2-8-16-29/h1-21,32,34-37H,22-27H2/t32-,34?,35+,36?/m1/s1. The van der Waals surface area contributed by atoms with Gasteiger partial charge in [0, 0.05) is 5.92 Å². The van der Waals surface area contributed by atoms with E-state index in [1.165, 1.54) is 5.56 Å². The second-order valence-corrected chi connectivity index (χ2v) is 10.3. The Kier molecular flexibility index (Phi) is 10.7. The summed E-state index contributed by atoms with van der Waals surface area (Å²) in [7, 11) is 0. The van der Waals surface area contributed by atoms with Crippen molar-refractivity contribution in [1.82, 2.24) is 0 Å². The van der Waals surface area contributed by atoms with Crippen molar-refractivity contribution in [2.24, 2.45) is 5.92 Å². The zero-order chi connectivity index (χ0) is 28.1. The third kappa shape index (κ3) is 8.38. The van der Waals surface area contributed by atoms with Gasteiger partial charge in [0.1, 0.15) is 18.0 Å². The molecule has 4 aromatic carbocycles. The lowest BCUT2D eigenvalue weighted by Crippen LogP contribution is -2.52. The molecule has 0 saturated carbocycles. The number of hydrogen-bond acceptors (Lipinski definition) is 5. The molecule has 0 spiro atoms. The van der Waals surface area contributed by atoms with Crippen molar-refractivity contribution in [2.75, 3.05) is 13.2 Å². The summed E-state index contributed by atoms with van der Waals surface area (Å²) >= 11 is 0. The quantitative estimate of drug-likeness (QED) is 0.206. The highest BCUT2D eigenvalue weighted by Gasteiger charge is 2.45. The van der Waals surface area contributed by atoms with Gasteiger partial charge in [0.05, 0.1) is 39.1 Å². The molecule has 5 rings (SSSR count). The lowest BCUT2D eigenvalue weighted by atomic mass is 9.83. The molecule has 0 radical (unpaired) electrons. The molecule has 0 aromatic heterocycles. The Morgan fingerprint density at radius 1 is 0.610 bits per heavy atom. The Morgan fingerprint density at radius 2 is 1.10 bits per heavy atom. The SMILES string of the molecule is OCC=C1OC(COCc2ccccc2)[C@@H](Cc2ccccc2)[C@H](OCc2ccccc2)C1OCc1ccccc1. The van der Waals surface area contributed by atoms with Gasteiger partial charge in [-0.15, -0.1) is 0 Å². The van der Waals surface area contributed by atoms with E-state index in [2.05, 4.69) is 48.5 Å². The predicted octanol–water partition coefficient (Wildman–Crippen LogP) is 6.51. The predicted molar refractivity (Wildman–Crippen MR) is 160 cm³/mol. The van der Waals surface area contributed by atoms with Crippen LogP contribution < -0.4 is 0 Å². The van der Waals surface area contributed by atoms with Gasteiger partial charge in [0.15, 0.2) is 0 Å². The number of rotatable bonds is 13. The molecule has 1 heterocycles. The highest BCUT2D eigenvalue weighted by molar-refractivity contribution is 5.20. The minimum Gasteiger partial charge on any atom is -0.489 e. The zero-order valence-electron chi connectivity index (χ0n) is 23.3. The molecule has 0 amide bonds. The average Bonchev–Trinajstić information content (AvgIpc) is 3.03. The van der Waals surface area contributed by atoms with Crippen LogP contribution in [0.25, 0.3) is 0 Å². The largest absolute Gasteiger partial charge is 0.489 e. The summed E-state index contributed by atoms with van der Waals surface area (Å²) in [5.74, 6) is 0.521. The van der Waals surface area contributed by atoms with E-state index in [1.54, 1.807) is 6.08 Å². The Balaban J connectivity index is 1.43. The second kappa shape index (κ2) is 15.3. The lowest BCUT2D eigenvalue weighted by Gasteiger charge is -2.44. The first kappa shape index (κ1) is 28.8. The molecular formula is C36H38O5. The van der Waals surface area contributed by atoms with Crippen LogP contribution in [0.15, 0.2) is 133 Å². The van der Waals surface area contributed by atoms with Crippen molar-refractivity contribution in [1.29, 1.82) is 0 Å². The molecule has 1 aliphatic heterocycles. The first-order valence-corrected chi connectivity index (χ1v) is 14.2. The van der Waals surface area contributed by atoms with Crippen molar-refractivity contribution < 1.29 is 24.1 Å². The highest BCUT2D eigenvalue weighted by atomic mass is 16.6. The third-order valence-corrected chi connectivity index (χ3v) is 7.32. The fraction of sp³-hybridized carbons (Fsp3) is 0.278. The summed E-state index contributed by atoms with van der Waals surface area (Å²) in [6.07, 6.45) is 1.30. The molecule has 1 aliphatic rings. The van der Waals surface area contributed by atoms with Crippen LogP contribution in [0.5, 0.6) is 0 Å². The molecule has 0 aliphatic carbocycles. The molecule has 2 unspecified atom stereocenters. The second-order valence-electron chi connectivity index (χ2n) is 10.3. The molecule has 0 bridgehead atoms. The maximum Gasteiger partial charge on any atom is 0.141 e. The fourth-order valence-corrected chi connectivity index (χ4v) is 5.25. The lowest BCUT2D eigenvalue weighted by molar-refractivity contribution is -0.182. The summed E-state index contributed by atoms with van der Waals surface area (Å²) in [5.41, 5.74) is 4.45. The summed E-state index contributed by atoms with van der Waals surface area (Å²) in [5, 5.41) is 9.94. The van der Waals surface area contributed by atoms with Crippen LogP contribution in [0.2, 0.25) is 0 Å². The van der Waals surface area contributed by atoms with Crippen molar-refractivity contribution in [3.63, 3.8) is 0 Å². The first-order valence-electron chi connectivity index (χ1n) is 14.2. The molecule has 41 heavy (non-hydrogen) atoms. The number of benzene rings is 4. The molecule has 1 fully saturated rings. The number of aliphatic hydroxyl groups is 1. The summed E-state index contributed by atoms with van der Waals surface area (Å²) in [6, 6.07) is 40.8. The number of aliphatic hydroxyl groups excluding tert-OH is 1. The monoisotopic (exact) mass is 550 g/mol. The van der Waals surface area contributed by atoms with Crippen LogP contribution in [-0.4, -0.2) is 36.6 Å². The van der Waals surface area contributed by atoms with Gasteiger partial charge in [0.25, 0.3) is 0 Å². The van der Waals surface area contributed by atoms with Crippen LogP contribution in [0.1, 0.15) is 22.3 Å². The van der Waals surface area contributed by atoms with Gasteiger partial charge in [-0.05, 0) is 34.8 Å². The molecule has 1 N–H and O–H groups in total. The van der Waals surface area contributed by atoms with Crippen molar-refractivity contribution in [2.45, 2.75) is 44.6 Å². The zero-order valence-corrected chi connectivity index (χ0v) is 23.3. The molecule has 212 valence electrons. The van der Waals surface area contributed by atoms with E-state index in [0.717, 1.165) is 23.1 Å². The molecular weight excluding hydrogens is 512 g/mol. The normalized spacial score (nSPS) is 21.4. The maximum absolute atomic E-state index is 9.94. The Bertz CT molecular complexity index is 1310. The van der Waals surface area contributed by atoms with E-state index >= 15 is 0 Å². The molecule has 4 aromatic rings. The first-order chi connectivity index (χ1) is 20.3. The topological polar surface area (TPSA) is 57.2 Å². The van der Waals surface area contributed by atoms with E-state index in [-0.39, 0.29) is 24.7 Å². The summed E-state index contributed by atoms with van der Waals surface area (Å²) in [4.78, 5) is 0. The minimum atomic E-state index is -0.495. The molecule has 5 nitrogen and oxygen atoms in total. The fourth-order valence-electron chi connectivity index (χ4n) is 5.25. The average molecular weight is 551 g/mol. The van der Waals surface area contributed by atoms with Gasteiger partial charge in [-0.3, -0.25) is 0 Å². The number of hydrogen-bond donors (Lipinski definition) is 1. The van der Waals surface area contributed by atoms with Crippen LogP contribution >= 0.6 is 0 Å². The molecule has 5 heteroatoms. The van der Waals surface area contributed by atoms with Crippen LogP contribution in [-0.2, 0) is 45.2 Å². The van der Waals surface area contributed by atoms with Crippen LogP contribution in [0, 0.1) is 5.92 Å². The summed E-state index contributed by atoms with van der Waals surface area (Å²) < 4.78 is 26.1. The van der Waals surface area contributed by atoms with E-state index in [1.807, 2.05) is 72.8 Å². The van der Waals surface area contributed by atoms with Crippen molar-refractivity contribution >= 4 is 0 Å². The highest BCUT2D eigenvalue weighted by Crippen LogP contribution is 2.36. The molecule has 4 atom stereocenters. The van der Waals surface area contributed by atoms with Crippen LogP contribution in [0.4, 0.5) is 0 Å². The van der Waals surface area contributed by atoms with Crippen LogP contribution in [0.3, 0.4) is 0 Å². The van der Waals surface area contributed by atoms with Gasteiger partial charge in [-0.25, -0.2) is 0 Å². The van der Waals surface area contributed by atoms with Gasteiger partial charge in [-0.1, -0.05) is 121 Å². The van der Waals surface area contributed by atoms with Gasteiger partial charge >= 0.3 is 0 Å². The minimum absolute atomic E-state index is 0.0616. The Hall–Kier alpha value is -3.74. The number of ether oxygens (including phenoxy) is 4. The van der Waals surface area contributed by atoms with Gasteiger partial charge in [0.2, 0.25) is 0 Å². The van der Waals surface area contributed by atoms with Gasteiger partial charge in [-0.2, -0.15) is 0 Å². The van der Waals surface area contributed by atoms with Gasteiger partial charge < -0.3 is 24.1 Å². The smallest absolute Gasteiger partial charge is 0.141 e. The molecule has 1 saturated heterocycles. The Morgan fingerprint density at radius 3 is 1.63 bits per heavy atom. The summed E-state index contributed by atoms with van der Waals surface area (Å²) in [6.45, 7) is 1.54. The van der Waals surface area contributed by atoms with Crippen molar-refractivity contribution in [3.8, 4) is 0 Å². The van der Waals surface area contributed by atoms with E-state index in [9.17, 15) is 5.11 Å². The van der Waals surface area contributed by atoms with Crippen molar-refractivity contribution in [3.05, 3.63) is 155 Å². The van der Waals surface area contributed by atoms with E-state index < -0.39 is 6.10 Å². The van der Waals surface area contributed by atoms with E-state index in [4.69, 9.17) is 18.9 Å². The van der Waals surface area contributed by atoms with E-state index in [0.29, 0.717) is 32.2 Å². The maximum atomic E-state index is 9.94. The Labute approximate surface area is 243 Å². The third-order valence-electron chi connectivity index (χ3n) is 7.32.